The number of nitrogens with zero attached hydrogens (tertiary/aromatic N) is 2. The molecule has 1 aliphatic rings. The molecule has 1 fully saturated rings. The van der Waals surface area contributed by atoms with E-state index in [1.807, 2.05) is 6.07 Å². The van der Waals surface area contributed by atoms with Gasteiger partial charge in [0.2, 0.25) is 16.9 Å². The van der Waals surface area contributed by atoms with E-state index in [1.165, 1.54) is 11.8 Å². The average Bonchev–Trinajstić information content (AvgIpc) is 3.19. The van der Waals surface area contributed by atoms with Crippen molar-refractivity contribution in [1.29, 1.82) is 0 Å². The Hall–Kier alpha value is -2.24. The number of nitrogens with one attached hydrogen (secondary N) is 2. The molecule has 0 spiro atoms. The lowest BCUT2D eigenvalue weighted by Crippen LogP contribution is -2.27. The molecule has 11 heteroatoms. The minimum atomic E-state index is -0.729. The first-order valence-electron chi connectivity index (χ1n) is 7.37. The van der Waals surface area contributed by atoms with Crippen LogP contribution in [-0.2, 0) is 9.59 Å². The van der Waals surface area contributed by atoms with Gasteiger partial charge in [-0.15, -0.1) is 10.2 Å². The van der Waals surface area contributed by atoms with Gasteiger partial charge < -0.3 is 5.32 Å². The number of hydrogen-bond donors (Lipinski definition) is 2. The van der Waals surface area contributed by atoms with Crippen molar-refractivity contribution in [3.8, 4) is 0 Å². The number of amides is 3. The molecule has 0 aliphatic carbocycles. The Balaban J connectivity index is 1.48. The highest BCUT2D eigenvalue weighted by Crippen LogP contribution is 2.27. The summed E-state index contributed by atoms with van der Waals surface area (Å²) in [4.78, 5) is 46.5. The van der Waals surface area contributed by atoms with Gasteiger partial charge in [0.05, 0.1) is 5.75 Å². The largest absolute Gasteiger partial charge is 0.300 e. The summed E-state index contributed by atoms with van der Waals surface area (Å²) in [5, 5.41) is 11.5. The predicted octanol–water partition coefficient (Wildman–Crippen LogP) is 2.19. The lowest BCUT2D eigenvalue weighted by molar-refractivity contribution is -0.122. The number of carbonyl (C=O) groups is 4. The van der Waals surface area contributed by atoms with E-state index in [-0.39, 0.29) is 23.1 Å². The standard InChI is InChI=1S/C15H12N4O4S3/c20-9(8-4-2-1-3-5-8)7-24-15-19-18-13(26-15)16-11(21)6-10-12(22)17-14(23)25-10/h1-5,10H,6-7H2,(H,16,18,21)(H,17,22,23)/t10-/m0/s1. The smallest absolute Gasteiger partial charge is 0.286 e. The third-order valence-corrected chi connectivity index (χ3v) is 6.17. The van der Waals surface area contributed by atoms with Crippen molar-refractivity contribution in [3.63, 3.8) is 0 Å². The summed E-state index contributed by atoms with van der Waals surface area (Å²) in [6.07, 6.45) is -0.128. The maximum atomic E-state index is 12.1. The van der Waals surface area contributed by atoms with Gasteiger partial charge in [0.25, 0.3) is 5.24 Å². The van der Waals surface area contributed by atoms with E-state index < -0.39 is 22.3 Å². The van der Waals surface area contributed by atoms with E-state index in [0.29, 0.717) is 9.90 Å². The Labute approximate surface area is 160 Å². The summed E-state index contributed by atoms with van der Waals surface area (Å²) in [6, 6.07) is 8.93. The molecule has 2 heterocycles. The Morgan fingerprint density at radius 1 is 1.19 bits per heavy atom. The van der Waals surface area contributed by atoms with E-state index in [4.69, 9.17) is 0 Å². The lowest BCUT2D eigenvalue weighted by Gasteiger charge is -2.03. The number of hydrogen-bond acceptors (Lipinski definition) is 9. The maximum Gasteiger partial charge on any atom is 0.286 e. The second-order valence-electron chi connectivity index (χ2n) is 5.09. The molecule has 1 atom stereocenters. The molecule has 1 saturated heterocycles. The molecule has 3 rings (SSSR count). The zero-order valence-corrected chi connectivity index (χ0v) is 15.6. The SMILES string of the molecule is O=C(C[C@@H]1SC(=O)NC1=O)Nc1nnc(SCC(=O)c2ccccc2)s1. The van der Waals surface area contributed by atoms with E-state index >= 15 is 0 Å². The fourth-order valence-electron chi connectivity index (χ4n) is 2.02. The first-order valence-corrected chi connectivity index (χ1v) is 10.1. The number of aromatic nitrogens is 2. The van der Waals surface area contributed by atoms with Gasteiger partial charge in [-0.25, -0.2) is 0 Å². The molecular weight excluding hydrogens is 396 g/mol. The van der Waals surface area contributed by atoms with Crippen molar-refractivity contribution >= 4 is 62.8 Å². The third kappa shape index (κ3) is 4.90. The normalized spacial score (nSPS) is 16.4. The highest BCUT2D eigenvalue weighted by atomic mass is 32.2. The molecule has 2 N–H and O–H groups in total. The topological polar surface area (TPSA) is 118 Å². The van der Waals surface area contributed by atoms with Gasteiger partial charge in [0, 0.05) is 12.0 Å². The number of benzene rings is 1. The van der Waals surface area contributed by atoms with Crippen LogP contribution in [0.3, 0.4) is 0 Å². The molecule has 8 nitrogen and oxygen atoms in total. The van der Waals surface area contributed by atoms with E-state index in [2.05, 4.69) is 20.8 Å². The van der Waals surface area contributed by atoms with Gasteiger partial charge in [0.1, 0.15) is 5.25 Å². The Morgan fingerprint density at radius 3 is 2.65 bits per heavy atom. The summed E-state index contributed by atoms with van der Waals surface area (Å²) in [5.41, 5.74) is 0.625. The Morgan fingerprint density at radius 2 is 1.96 bits per heavy atom. The van der Waals surface area contributed by atoms with Gasteiger partial charge in [0.15, 0.2) is 10.1 Å². The minimum absolute atomic E-state index is 0.0228. The van der Waals surface area contributed by atoms with Gasteiger partial charge in [-0.3, -0.25) is 24.5 Å². The maximum absolute atomic E-state index is 12.1. The second kappa shape index (κ2) is 8.43. The zero-order chi connectivity index (χ0) is 18.5. The number of thioether (sulfide) groups is 2. The third-order valence-electron chi connectivity index (χ3n) is 3.21. The minimum Gasteiger partial charge on any atom is -0.300 e. The lowest BCUT2D eigenvalue weighted by atomic mass is 10.2. The molecule has 1 aromatic carbocycles. The van der Waals surface area contributed by atoms with Crippen molar-refractivity contribution in [1.82, 2.24) is 15.5 Å². The molecule has 2 aromatic rings. The van der Waals surface area contributed by atoms with Crippen LogP contribution in [0.5, 0.6) is 0 Å². The molecule has 1 aromatic heterocycles. The van der Waals surface area contributed by atoms with Crippen LogP contribution >= 0.6 is 34.9 Å². The Kier molecular flexibility index (Phi) is 6.01. The molecular formula is C15H12N4O4S3. The number of imide groups is 1. The first kappa shape index (κ1) is 18.5. The van der Waals surface area contributed by atoms with Gasteiger partial charge in [-0.2, -0.15) is 0 Å². The summed E-state index contributed by atoms with van der Waals surface area (Å²) in [6.45, 7) is 0. The summed E-state index contributed by atoms with van der Waals surface area (Å²) < 4.78 is 0.549. The fourth-order valence-corrected chi connectivity index (χ4v) is 4.50. The van der Waals surface area contributed by atoms with Crippen LogP contribution in [0.4, 0.5) is 9.93 Å². The highest BCUT2D eigenvalue weighted by molar-refractivity contribution is 8.15. The molecule has 134 valence electrons. The van der Waals surface area contributed by atoms with Crippen LogP contribution in [0.15, 0.2) is 34.7 Å². The number of ketones is 1. The summed E-state index contributed by atoms with van der Waals surface area (Å²) in [5.74, 6) is -0.707. The molecule has 3 amide bonds. The number of rotatable bonds is 7. The van der Waals surface area contributed by atoms with Crippen LogP contribution in [0.25, 0.3) is 0 Å². The molecule has 0 saturated carbocycles. The van der Waals surface area contributed by atoms with Crippen LogP contribution in [0.2, 0.25) is 0 Å². The van der Waals surface area contributed by atoms with Crippen LogP contribution < -0.4 is 10.6 Å². The molecule has 26 heavy (non-hydrogen) atoms. The highest BCUT2D eigenvalue weighted by Gasteiger charge is 2.33. The summed E-state index contributed by atoms with van der Waals surface area (Å²) >= 11 is 3.17. The van der Waals surface area contributed by atoms with Crippen molar-refractivity contribution < 1.29 is 19.2 Å². The van der Waals surface area contributed by atoms with Crippen molar-refractivity contribution in [3.05, 3.63) is 35.9 Å². The predicted molar refractivity (Wildman–Crippen MR) is 99.6 cm³/mol. The van der Waals surface area contributed by atoms with Gasteiger partial charge in [-0.05, 0) is 0 Å². The molecule has 0 unspecified atom stereocenters. The van der Waals surface area contributed by atoms with Crippen molar-refractivity contribution in [2.45, 2.75) is 16.0 Å². The van der Waals surface area contributed by atoms with Crippen molar-refractivity contribution in [2.24, 2.45) is 0 Å². The van der Waals surface area contributed by atoms with Crippen LogP contribution in [-0.4, -0.2) is 44.0 Å². The van der Waals surface area contributed by atoms with Crippen LogP contribution in [0.1, 0.15) is 16.8 Å². The van der Waals surface area contributed by atoms with Crippen LogP contribution in [0, 0.1) is 0 Å². The van der Waals surface area contributed by atoms with E-state index in [0.717, 1.165) is 23.1 Å². The second-order valence-corrected chi connectivity index (χ2v) is 8.46. The van der Waals surface area contributed by atoms with E-state index in [1.54, 1.807) is 24.3 Å². The molecule has 0 bridgehead atoms. The molecule has 1 aliphatic heterocycles. The Bertz CT molecular complexity index is 856. The fraction of sp³-hybridized carbons (Fsp3) is 0.200. The van der Waals surface area contributed by atoms with Crippen molar-refractivity contribution in [2.75, 3.05) is 11.1 Å². The first-order chi connectivity index (χ1) is 12.5. The molecule has 0 radical (unpaired) electrons. The number of carbonyl (C=O) groups excluding carboxylic acids is 4. The number of Topliss-reactive ketones (excluding diaryl/α,β-unsaturated/α-hetero) is 1. The quantitative estimate of drug-likeness (QED) is 0.407. The van der Waals surface area contributed by atoms with E-state index in [9.17, 15) is 19.2 Å². The monoisotopic (exact) mass is 408 g/mol. The van der Waals surface area contributed by atoms with Gasteiger partial charge in [-0.1, -0.05) is 65.2 Å². The average molecular weight is 408 g/mol. The van der Waals surface area contributed by atoms with Gasteiger partial charge >= 0.3 is 0 Å². The number of anilines is 1. The zero-order valence-electron chi connectivity index (χ0n) is 13.1. The summed E-state index contributed by atoms with van der Waals surface area (Å²) in [7, 11) is 0.